The van der Waals surface area contributed by atoms with Gasteiger partial charge in [0.05, 0.1) is 13.0 Å². The molecule has 1 amide bonds. The van der Waals surface area contributed by atoms with E-state index in [2.05, 4.69) is 10.1 Å². The van der Waals surface area contributed by atoms with E-state index in [4.69, 9.17) is 5.73 Å². The summed E-state index contributed by atoms with van der Waals surface area (Å²) in [6, 6.07) is 6.79. The van der Waals surface area contributed by atoms with Crippen LogP contribution in [0.4, 0.5) is 18.9 Å². The van der Waals surface area contributed by atoms with Crippen LogP contribution in [0.5, 0.6) is 0 Å². The number of hydrogen-bond donors (Lipinski definition) is 2. The van der Waals surface area contributed by atoms with Gasteiger partial charge in [-0.3, -0.25) is 4.79 Å². The lowest BCUT2D eigenvalue weighted by Crippen LogP contribution is -2.30. The van der Waals surface area contributed by atoms with Crippen LogP contribution in [-0.4, -0.2) is 31.8 Å². The van der Waals surface area contributed by atoms with Crippen LogP contribution < -0.4 is 11.1 Å². The fraction of sp³-hybridized carbons (Fsp3) is 0.417. The Bertz CT molecular complexity index is 404. The largest absolute Gasteiger partial charge is 0.411 e. The molecule has 1 aromatic rings. The zero-order valence-electron chi connectivity index (χ0n) is 10.2. The quantitative estimate of drug-likeness (QED) is 0.611. The summed E-state index contributed by atoms with van der Waals surface area (Å²) in [5.41, 5.74) is 6.88. The van der Waals surface area contributed by atoms with Crippen molar-refractivity contribution >= 4 is 11.6 Å². The molecule has 19 heavy (non-hydrogen) atoms. The first-order valence-electron chi connectivity index (χ1n) is 5.62. The Kier molecular flexibility index (Phi) is 5.62. The van der Waals surface area contributed by atoms with Gasteiger partial charge < -0.3 is 15.8 Å². The van der Waals surface area contributed by atoms with Crippen molar-refractivity contribution < 1.29 is 22.7 Å². The molecule has 0 aliphatic heterocycles. The van der Waals surface area contributed by atoms with Gasteiger partial charge >= 0.3 is 6.18 Å². The number of amides is 1. The van der Waals surface area contributed by atoms with E-state index in [1.54, 1.807) is 24.3 Å². The molecule has 0 unspecified atom stereocenters. The monoisotopic (exact) mass is 276 g/mol. The third kappa shape index (κ3) is 7.30. The van der Waals surface area contributed by atoms with Crippen molar-refractivity contribution in [3.8, 4) is 0 Å². The lowest BCUT2D eigenvalue weighted by atomic mass is 10.1. The summed E-state index contributed by atoms with van der Waals surface area (Å²) in [5.74, 6) is -0.277. The lowest BCUT2D eigenvalue weighted by molar-refractivity contribution is -0.173. The molecule has 106 valence electrons. The van der Waals surface area contributed by atoms with Crippen LogP contribution in [0.15, 0.2) is 24.3 Å². The smallest absolute Gasteiger partial charge is 0.399 e. The summed E-state index contributed by atoms with van der Waals surface area (Å²) >= 11 is 0. The third-order valence-electron chi connectivity index (χ3n) is 2.18. The number of rotatable bonds is 6. The number of nitrogens with one attached hydrogen (secondary N) is 1. The minimum absolute atomic E-state index is 0.0455. The molecule has 0 radical (unpaired) electrons. The molecule has 0 aromatic heterocycles. The lowest BCUT2D eigenvalue weighted by Gasteiger charge is -2.08. The number of halogens is 3. The van der Waals surface area contributed by atoms with Gasteiger partial charge in [0.25, 0.3) is 0 Å². The average Bonchev–Trinajstić information content (AvgIpc) is 2.30. The number of nitrogen functional groups attached to an aromatic ring is 1. The molecule has 1 rings (SSSR count). The van der Waals surface area contributed by atoms with Crippen molar-refractivity contribution in [2.24, 2.45) is 0 Å². The molecule has 0 heterocycles. The van der Waals surface area contributed by atoms with E-state index in [1.807, 2.05) is 0 Å². The minimum Gasteiger partial charge on any atom is -0.399 e. The number of anilines is 1. The Morgan fingerprint density at radius 3 is 2.47 bits per heavy atom. The Hall–Kier alpha value is -1.76. The Morgan fingerprint density at radius 2 is 1.89 bits per heavy atom. The van der Waals surface area contributed by atoms with Crippen molar-refractivity contribution in [2.45, 2.75) is 12.6 Å². The SMILES string of the molecule is Nc1ccc(CC(=O)NCCOCC(F)(F)F)cc1. The predicted octanol–water partition coefficient (Wildman–Crippen LogP) is 1.51. The minimum atomic E-state index is -4.34. The Labute approximate surface area is 108 Å². The van der Waals surface area contributed by atoms with Gasteiger partial charge in [-0.2, -0.15) is 13.2 Å². The van der Waals surface area contributed by atoms with E-state index in [1.165, 1.54) is 0 Å². The van der Waals surface area contributed by atoms with E-state index in [-0.39, 0.29) is 25.5 Å². The average molecular weight is 276 g/mol. The standard InChI is InChI=1S/C12H15F3N2O2/c13-12(14,15)8-19-6-5-17-11(18)7-9-1-3-10(16)4-2-9/h1-4H,5-8,16H2,(H,17,18). The van der Waals surface area contributed by atoms with Crippen LogP contribution in [0, 0.1) is 0 Å². The number of ether oxygens (including phenoxy) is 1. The zero-order valence-corrected chi connectivity index (χ0v) is 10.2. The molecule has 4 nitrogen and oxygen atoms in total. The predicted molar refractivity (Wildman–Crippen MR) is 64.4 cm³/mol. The van der Waals surface area contributed by atoms with Crippen LogP contribution in [0.2, 0.25) is 0 Å². The number of nitrogens with two attached hydrogens (primary N) is 1. The number of carbonyl (C=O) groups excluding carboxylic acids is 1. The van der Waals surface area contributed by atoms with Crippen molar-refractivity contribution in [3.63, 3.8) is 0 Å². The Morgan fingerprint density at radius 1 is 1.26 bits per heavy atom. The summed E-state index contributed by atoms with van der Waals surface area (Å²) in [7, 11) is 0. The number of hydrogen-bond acceptors (Lipinski definition) is 3. The number of alkyl halides is 3. The molecule has 0 saturated carbocycles. The molecule has 1 aromatic carbocycles. The summed E-state index contributed by atoms with van der Waals surface area (Å²) in [6.45, 7) is -1.43. The van der Waals surface area contributed by atoms with E-state index in [0.717, 1.165) is 5.56 Å². The fourth-order valence-corrected chi connectivity index (χ4v) is 1.33. The molecule has 0 spiro atoms. The number of benzene rings is 1. The van der Waals surface area contributed by atoms with Crippen molar-refractivity contribution in [3.05, 3.63) is 29.8 Å². The highest BCUT2D eigenvalue weighted by Crippen LogP contribution is 2.13. The molecule has 0 saturated heterocycles. The van der Waals surface area contributed by atoms with Gasteiger partial charge in [-0.1, -0.05) is 12.1 Å². The first kappa shape index (κ1) is 15.3. The molecule has 3 N–H and O–H groups in total. The first-order chi connectivity index (χ1) is 8.87. The van der Waals surface area contributed by atoms with Crippen molar-refractivity contribution in [2.75, 3.05) is 25.5 Å². The molecule has 0 aliphatic carbocycles. The van der Waals surface area contributed by atoms with Gasteiger partial charge in [-0.05, 0) is 17.7 Å². The summed E-state index contributed by atoms with van der Waals surface area (Å²) in [6.07, 6.45) is -4.19. The second kappa shape index (κ2) is 6.98. The maximum Gasteiger partial charge on any atom is 0.411 e. The van der Waals surface area contributed by atoms with Gasteiger partial charge in [-0.25, -0.2) is 0 Å². The summed E-state index contributed by atoms with van der Waals surface area (Å²) in [5, 5.41) is 2.47. The van der Waals surface area contributed by atoms with E-state index < -0.39 is 12.8 Å². The maximum absolute atomic E-state index is 11.7. The highest BCUT2D eigenvalue weighted by atomic mass is 19.4. The van der Waals surface area contributed by atoms with Crippen molar-refractivity contribution in [1.82, 2.24) is 5.32 Å². The summed E-state index contributed by atoms with van der Waals surface area (Å²) in [4.78, 5) is 11.4. The normalized spacial score (nSPS) is 11.3. The van der Waals surface area contributed by atoms with Crippen LogP contribution in [0.3, 0.4) is 0 Å². The van der Waals surface area contributed by atoms with Crippen LogP contribution in [0.25, 0.3) is 0 Å². The van der Waals surface area contributed by atoms with E-state index in [0.29, 0.717) is 5.69 Å². The third-order valence-corrected chi connectivity index (χ3v) is 2.18. The highest BCUT2D eigenvalue weighted by Gasteiger charge is 2.27. The van der Waals surface area contributed by atoms with Gasteiger partial charge in [-0.15, -0.1) is 0 Å². The molecule has 0 bridgehead atoms. The van der Waals surface area contributed by atoms with Gasteiger partial charge in [0, 0.05) is 12.2 Å². The fourth-order valence-electron chi connectivity index (χ4n) is 1.33. The second-order valence-electron chi connectivity index (χ2n) is 3.94. The maximum atomic E-state index is 11.7. The van der Waals surface area contributed by atoms with Crippen LogP contribution in [-0.2, 0) is 16.0 Å². The van der Waals surface area contributed by atoms with Crippen molar-refractivity contribution in [1.29, 1.82) is 0 Å². The van der Waals surface area contributed by atoms with Gasteiger partial charge in [0.2, 0.25) is 5.91 Å². The van der Waals surface area contributed by atoms with E-state index in [9.17, 15) is 18.0 Å². The molecular weight excluding hydrogens is 261 g/mol. The Balaban J connectivity index is 2.16. The molecule has 7 heteroatoms. The second-order valence-corrected chi connectivity index (χ2v) is 3.94. The van der Waals surface area contributed by atoms with Gasteiger partial charge in [0.15, 0.2) is 0 Å². The molecule has 0 fully saturated rings. The molecular formula is C12H15F3N2O2. The number of carbonyl (C=O) groups is 1. The summed E-state index contributed by atoms with van der Waals surface area (Å²) < 4.78 is 39.6. The molecule has 0 aliphatic rings. The first-order valence-corrected chi connectivity index (χ1v) is 5.62. The van der Waals surface area contributed by atoms with Crippen LogP contribution >= 0.6 is 0 Å². The molecule has 0 atom stereocenters. The van der Waals surface area contributed by atoms with Crippen LogP contribution in [0.1, 0.15) is 5.56 Å². The topological polar surface area (TPSA) is 64.4 Å². The zero-order chi connectivity index (χ0) is 14.3. The van der Waals surface area contributed by atoms with Gasteiger partial charge in [0.1, 0.15) is 6.61 Å². The highest BCUT2D eigenvalue weighted by molar-refractivity contribution is 5.78. The van der Waals surface area contributed by atoms with E-state index >= 15 is 0 Å².